The summed E-state index contributed by atoms with van der Waals surface area (Å²) in [6.07, 6.45) is 0.395. The van der Waals surface area contributed by atoms with Gasteiger partial charge in [0.05, 0.1) is 5.92 Å². The number of para-hydroxylation sites is 1. The highest BCUT2D eigenvalue weighted by atomic mass is 16.4. The highest BCUT2D eigenvalue weighted by molar-refractivity contribution is 6.03. The molecule has 2 unspecified atom stereocenters. The Balaban J connectivity index is 1.96. The van der Waals surface area contributed by atoms with Gasteiger partial charge in [0.1, 0.15) is 6.04 Å². The van der Waals surface area contributed by atoms with E-state index in [-0.39, 0.29) is 17.7 Å². The molecule has 1 amide bonds. The number of carboxylic acid groups (broad SMARTS) is 1. The first-order valence-corrected chi connectivity index (χ1v) is 6.94. The second-order valence-corrected chi connectivity index (χ2v) is 5.64. The van der Waals surface area contributed by atoms with Crippen molar-refractivity contribution in [2.75, 3.05) is 18.0 Å². The van der Waals surface area contributed by atoms with Gasteiger partial charge in [0.2, 0.25) is 5.91 Å². The fourth-order valence-electron chi connectivity index (χ4n) is 3.18. The Bertz CT molecular complexity index is 558. The van der Waals surface area contributed by atoms with Gasteiger partial charge in [0, 0.05) is 18.7 Å². The lowest BCUT2D eigenvalue weighted by Gasteiger charge is -2.27. The molecule has 1 aromatic rings. The SMILES string of the molecule is CC1CNCC1C(=O)N1c2ccccc2C[C@H]1C(=O)O. The van der Waals surface area contributed by atoms with Gasteiger partial charge in [-0.25, -0.2) is 4.79 Å². The van der Waals surface area contributed by atoms with Crippen molar-refractivity contribution in [3.05, 3.63) is 29.8 Å². The number of hydrogen-bond acceptors (Lipinski definition) is 3. The number of carboxylic acids is 1. The Hall–Kier alpha value is -1.88. The number of nitrogens with one attached hydrogen (secondary N) is 1. The molecule has 106 valence electrons. The number of anilines is 1. The van der Waals surface area contributed by atoms with E-state index in [4.69, 9.17) is 0 Å². The first-order valence-electron chi connectivity index (χ1n) is 6.94. The van der Waals surface area contributed by atoms with Crippen molar-refractivity contribution in [1.29, 1.82) is 0 Å². The summed E-state index contributed by atoms with van der Waals surface area (Å²) in [6, 6.07) is 6.69. The third-order valence-electron chi connectivity index (χ3n) is 4.33. The van der Waals surface area contributed by atoms with Gasteiger partial charge in [0.15, 0.2) is 0 Å². The van der Waals surface area contributed by atoms with E-state index in [1.165, 1.54) is 4.90 Å². The maximum absolute atomic E-state index is 12.8. The zero-order valence-corrected chi connectivity index (χ0v) is 11.4. The van der Waals surface area contributed by atoms with Crippen LogP contribution in [-0.4, -0.2) is 36.1 Å². The summed E-state index contributed by atoms with van der Waals surface area (Å²) in [7, 11) is 0. The third kappa shape index (κ3) is 1.98. The lowest BCUT2D eigenvalue weighted by Crippen LogP contribution is -2.47. The van der Waals surface area contributed by atoms with Gasteiger partial charge in [-0.05, 0) is 24.1 Å². The summed E-state index contributed by atoms with van der Waals surface area (Å²) in [6.45, 7) is 3.47. The smallest absolute Gasteiger partial charge is 0.327 e. The van der Waals surface area contributed by atoms with Crippen molar-refractivity contribution >= 4 is 17.6 Å². The minimum Gasteiger partial charge on any atom is -0.480 e. The molecule has 20 heavy (non-hydrogen) atoms. The Labute approximate surface area is 117 Å². The Morgan fingerprint density at radius 3 is 2.70 bits per heavy atom. The van der Waals surface area contributed by atoms with Crippen LogP contribution < -0.4 is 10.2 Å². The van der Waals surface area contributed by atoms with Crippen LogP contribution in [0.25, 0.3) is 0 Å². The van der Waals surface area contributed by atoms with Gasteiger partial charge in [-0.3, -0.25) is 9.69 Å². The number of nitrogens with zero attached hydrogens (tertiary/aromatic N) is 1. The number of amides is 1. The molecule has 3 atom stereocenters. The van der Waals surface area contributed by atoms with Crippen LogP contribution in [0.1, 0.15) is 12.5 Å². The van der Waals surface area contributed by atoms with Crippen LogP contribution >= 0.6 is 0 Å². The van der Waals surface area contributed by atoms with Crippen LogP contribution in [0.2, 0.25) is 0 Å². The number of aliphatic carboxylic acids is 1. The van der Waals surface area contributed by atoms with E-state index in [9.17, 15) is 14.7 Å². The Kier molecular flexibility index (Phi) is 3.22. The predicted molar refractivity (Wildman–Crippen MR) is 74.6 cm³/mol. The molecule has 1 fully saturated rings. The van der Waals surface area contributed by atoms with E-state index < -0.39 is 12.0 Å². The molecule has 0 bridgehead atoms. The highest BCUT2D eigenvalue weighted by Gasteiger charge is 2.42. The van der Waals surface area contributed by atoms with Gasteiger partial charge in [-0.15, -0.1) is 0 Å². The van der Waals surface area contributed by atoms with E-state index in [2.05, 4.69) is 5.32 Å². The highest BCUT2D eigenvalue weighted by Crippen LogP contribution is 2.34. The van der Waals surface area contributed by atoms with Crippen molar-refractivity contribution < 1.29 is 14.7 Å². The monoisotopic (exact) mass is 274 g/mol. The summed E-state index contributed by atoms with van der Waals surface area (Å²) >= 11 is 0. The predicted octanol–water partition coefficient (Wildman–Crippen LogP) is 0.884. The average molecular weight is 274 g/mol. The number of rotatable bonds is 2. The quantitative estimate of drug-likeness (QED) is 0.840. The molecule has 1 aromatic carbocycles. The fraction of sp³-hybridized carbons (Fsp3) is 0.467. The van der Waals surface area contributed by atoms with Crippen LogP contribution in [-0.2, 0) is 16.0 Å². The molecule has 0 saturated carbocycles. The molecule has 5 heteroatoms. The normalized spacial score (nSPS) is 28.4. The van der Waals surface area contributed by atoms with Gasteiger partial charge in [-0.2, -0.15) is 0 Å². The average Bonchev–Trinajstić information content (AvgIpc) is 3.01. The molecule has 1 saturated heterocycles. The number of hydrogen-bond donors (Lipinski definition) is 2. The van der Waals surface area contributed by atoms with Gasteiger partial charge >= 0.3 is 5.97 Å². The van der Waals surface area contributed by atoms with Gasteiger partial charge in [-0.1, -0.05) is 25.1 Å². The number of benzene rings is 1. The topological polar surface area (TPSA) is 69.6 Å². The molecule has 0 aromatic heterocycles. The largest absolute Gasteiger partial charge is 0.480 e. The number of carbonyl (C=O) groups excluding carboxylic acids is 1. The molecule has 2 aliphatic rings. The van der Waals surface area contributed by atoms with Crippen LogP contribution in [0, 0.1) is 11.8 Å². The van der Waals surface area contributed by atoms with Crippen LogP contribution in [0.5, 0.6) is 0 Å². The number of carbonyl (C=O) groups is 2. The van der Waals surface area contributed by atoms with Crippen LogP contribution in [0.4, 0.5) is 5.69 Å². The lowest BCUT2D eigenvalue weighted by atomic mass is 9.96. The first-order chi connectivity index (χ1) is 9.59. The Morgan fingerprint density at radius 1 is 1.30 bits per heavy atom. The fourth-order valence-corrected chi connectivity index (χ4v) is 3.18. The van der Waals surface area contributed by atoms with Crippen molar-refractivity contribution in [3.63, 3.8) is 0 Å². The molecular weight excluding hydrogens is 256 g/mol. The summed E-state index contributed by atoms with van der Waals surface area (Å²) in [5, 5.41) is 12.6. The first kappa shape index (κ1) is 13.1. The third-order valence-corrected chi connectivity index (χ3v) is 4.33. The van der Waals surface area contributed by atoms with Crippen molar-refractivity contribution in [2.45, 2.75) is 19.4 Å². The van der Waals surface area contributed by atoms with E-state index in [0.29, 0.717) is 13.0 Å². The molecule has 0 aliphatic carbocycles. The second kappa shape index (κ2) is 4.90. The lowest BCUT2D eigenvalue weighted by molar-refractivity contribution is -0.140. The molecule has 2 aliphatic heterocycles. The van der Waals surface area contributed by atoms with Gasteiger partial charge in [0.25, 0.3) is 0 Å². The minimum atomic E-state index is -0.937. The molecule has 5 nitrogen and oxygen atoms in total. The maximum atomic E-state index is 12.8. The van der Waals surface area contributed by atoms with E-state index in [1.807, 2.05) is 31.2 Å². The van der Waals surface area contributed by atoms with Gasteiger partial charge < -0.3 is 10.4 Å². The number of fused-ring (bicyclic) bond motifs is 1. The van der Waals surface area contributed by atoms with Crippen LogP contribution in [0.15, 0.2) is 24.3 Å². The van der Waals surface area contributed by atoms with Crippen LogP contribution in [0.3, 0.4) is 0 Å². The zero-order valence-electron chi connectivity index (χ0n) is 11.4. The molecule has 2 heterocycles. The summed E-state index contributed by atoms with van der Waals surface area (Å²) in [5.74, 6) is -0.902. The van der Waals surface area contributed by atoms with E-state index >= 15 is 0 Å². The second-order valence-electron chi connectivity index (χ2n) is 5.64. The summed E-state index contributed by atoms with van der Waals surface area (Å²) in [5.41, 5.74) is 1.69. The standard InChI is InChI=1S/C15H18N2O3/c1-9-7-16-8-11(9)14(18)17-12-5-3-2-4-10(12)6-13(17)15(19)20/h2-5,9,11,13,16H,6-8H2,1H3,(H,19,20)/t9?,11?,13-/m0/s1. The maximum Gasteiger partial charge on any atom is 0.327 e. The molecule has 0 spiro atoms. The Morgan fingerprint density at radius 2 is 2.05 bits per heavy atom. The molecular formula is C15H18N2O3. The molecule has 0 radical (unpaired) electrons. The summed E-state index contributed by atoms with van der Waals surface area (Å²) < 4.78 is 0. The van der Waals surface area contributed by atoms with E-state index in [0.717, 1.165) is 17.8 Å². The van der Waals surface area contributed by atoms with Crippen molar-refractivity contribution in [2.24, 2.45) is 11.8 Å². The zero-order chi connectivity index (χ0) is 14.3. The molecule has 2 N–H and O–H groups in total. The summed E-state index contributed by atoms with van der Waals surface area (Å²) in [4.78, 5) is 25.7. The van der Waals surface area contributed by atoms with E-state index in [1.54, 1.807) is 0 Å². The van der Waals surface area contributed by atoms with Crippen molar-refractivity contribution in [1.82, 2.24) is 5.32 Å². The van der Waals surface area contributed by atoms with Crippen molar-refractivity contribution in [3.8, 4) is 0 Å². The minimum absolute atomic E-state index is 0.0696. The molecule has 3 rings (SSSR count).